The van der Waals surface area contributed by atoms with Gasteiger partial charge in [-0.2, -0.15) is 13.2 Å². The largest absolute Gasteiger partial charge is 0.417 e. The molecule has 2 aromatic rings. The number of piperidine rings is 1. The first-order valence-corrected chi connectivity index (χ1v) is 9.57. The Labute approximate surface area is 171 Å². The number of likely N-dealkylation sites (tertiary alicyclic amines) is 1. The molecule has 154 valence electrons. The van der Waals surface area contributed by atoms with Gasteiger partial charge in [-0.3, -0.25) is 9.59 Å². The highest BCUT2D eigenvalue weighted by molar-refractivity contribution is 6.31. The van der Waals surface area contributed by atoms with E-state index in [1.807, 2.05) is 25.1 Å². The number of nitrogens with zero attached hydrogens (tertiary/aromatic N) is 1. The molecule has 0 unspecified atom stereocenters. The second-order valence-electron chi connectivity index (χ2n) is 7.06. The van der Waals surface area contributed by atoms with Crippen LogP contribution in [0, 0.1) is 12.8 Å². The third kappa shape index (κ3) is 4.90. The SMILES string of the molecule is Cc1ccccc1C(=O)N1CCC(C(=O)Nc2ccc(Cl)c(C(F)(F)F)c2)CC1. The minimum Gasteiger partial charge on any atom is -0.339 e. The van der Waals surface area contributed by atoms with Gasteiger partial charge in [-0.25, -0.2) is 0 Å². The number of benzene rings is 2. The molecule has 29 heavy (non-hydrogen) atoms. The predicted octanol–water partition coefficient (Wildman–Crippen LogP) is 5.16. The Morgan fingerprint density at radius 1 is 1.10 bits per heavy atom. The molecule has 2 aromatic carbocycles. The second kappa shape index (κ2) is 8.45. The van der Waals surface area contributed by atoms with Gasteiger partial charge >= 0.3 is 6.18 Å². The number of hydrogen-bond donors (Lipinski definition) is 1. The van der Waals surface area contributed by atoms with E-state index in [1.54, 1.807) is 11.0 Å². The van der Waals surface area contributed by atoms with Crippen LogP contribution in [0.25, 0.3) is 0 Å². The number of hydrogen-bond acceptors (Lipinski definition) is 2. The van der Waals surface area contributed by atoms with E-state index in [4.69, 9.17) is 11.6 Å². The molecule has 4 nitrogen and oxygen atoms in total. The Bertz CT molecular complexity index is 922. The Balaban J connectivity index is 1.61. The number of aryl methyl sites for hydroxylation is 1. The molecule has 0 spiro atoms. The average molecular weight is 425 g/mol. The van der Waals surface area contributed by atoms with Crippen molar-refractivity contribution in [3.63, 3.8) is 0 Å². The topological polar surface area (TPSA) is 49.4 Å². The lowest BCUT2D eigenvalue weighted by molar-refractivity contribution is -0.137. The van der Waals surface area contributed by atoms with Crippen molar-refractivity contribution in [2.24, 2.45) is 5.92 Å². The van der Waals surface area contributed by atoms with Crippen LogP contribution in [0.1, 0.15) is 34.3 Å². The summed E-state index contributed by atoms with van der Waals surface area (Å²) in [5, 5.41) is 2.12. The number of nitrogens with one attached hydrogen (secondary N) is 1. The van der Waals surface area contributed by atoms with Crippen molar-refractivity contribution in [3.05, 3.63) is 64.2 Å². The standard InChI is InChI=1S/C21H20ClF3N2O2/c1-13-4-2-3-5-16(13)20(29)27-10-8-14(9-11-27)19(28)26-15-6-7-18(22)17(12-15)21(23,24)25/h2-7,12,14H,8-11H2,1H3,(H,26,28). The van der Waals surface area contributed by atoms with E-state index in [0.29, 0.717) is 31.5 Å². The van der Waals surface area contributed by atoms with Gasteiger partial charge in [-0.05, 0) is 49.6 Å². The summed E-state index contributed by atoms with van der Waals surface area (Å²) in [6.45, 7) is 2.70. The van der Waals surface area contributed by atoms with Crippen LogP contribution >= 0.6 is 11.6 Å². The highest BCUT2D eigenvalue weighted by atomic mass is 35.5. The summed E-state index contributed by atoms with van der Waals surface area (Å²) in [5.74, 6) is -0.807. The van der Waals surface area contributed by atoms with Crippen molar-refractivity contribution >= 4 is 29.1 Å². The summed E-state index contributed by atoms with van der Waals surface area (Å²) in [6, 6.07) is 10.6. The van der Waals surface area contributed by atoms with E-state index in [9.17, 15) is 22.8 Å². The van der Waals surface area contributed by atoms with Crippen LogP contribution in [0.4, 0.5) is 18.9 Å². The summed E-state index contributed by atoms with van der Waals surface area (Å²) in [5.41, 5.74) is 0.581. The van der Waals surface area contributed by atoms with E-state index in [0.717, 1.165) is 17.7 Å². The normalized spacial score (nSPS) is 15.3. The van der Waals surface area contributed by atoms with Crippen LogP contribution in [-0.2, 0) is 11.0 Å². The van der Waals surface area contributed by atoms with Crippen LogP contribution in [-0.4, -0.2) is 29.8 Å². The lowest BCUT2D eigenvalue weighted by atomic mass is 9.95. The van der Waals surface area contributed by atoms with Gasteiger partial charge in [0.25, 0.3) is 5.91 Å². The number of carbonyl (C=O) groups excluding carboxylic acids is 2. The van der Waals surface area contributed by atoms with Gasteiger partial charge in [0, 0.05) is 30.3 Å². The fourth-order valence-electron chi connectivity index (χ4n) is 3.39. The highest BCUT2D eigenvalue weighted by Gasteiger charge is 2.34. The van der Waals surface area contributed by atoms with Gasteiger partial charge in [0.15, 0.2) is 0 Å². The van der Waals surface area contributed by atoms with Crippen LogP contribution in [0.5, 0.6) is 0 Å². The number of amides is 2. The van der Waals surface area contributed by atoms with Crippen molar-refractivity contribution in [3.8, 4) is 0 Å². The zero-order chi connectivity index (χ0) is 21.2. The summed E-state index contributed by atoms with van der Waals surface area (Å²) in [4.78, 5) is 26.8. The molecule has 1 heterocycles. The molecule has 0 radical (unpaired) electrons. The summed E-state index contributed by atoms with van der Waals surface area (Å²) >= 11 is 5.60. The van der Waals surface area contributed by atoms with Crippen molar-refractivity contribution in [2.75, 3.05) is 18.4 Å². The fourth-order valence-corrected chi connectivity index (χ4v) is 3.62. The molecular formula is C21H20ClF3N2O2. The molecule has 1 N–H and O–H groups in total. The summed E-state index contributed by atoms with van der Waals surface area (Å²) in [7, 11) is 0. The molecule has 8 heteroatoms. The van der Waals surface area contributed by atoms with Crippen LogP contribution < -0.4 is 5.32 Å². The first-order valence-electron chi connectivity index (χ1n) is 9.19. The molecule has 0 bridgehead atoms. The minimum absolute atomic E-state index is 0.0464. The molecule has 0 aromatic heterocycles. The van der Waals surface area contributed by atoms with Crippen LogP contribution in [0.15, 0.2) is 42.5 Å². The average Bonchev–Trinajstić information content (AvgIpc) is 2.68. The third-order valence-corrected chi connectivity index (χ3v) is 5.40. The predicted molar refractivity (Wildman–Crippen MR) is 105 cm³/mol. The van der Waals surface area contributed by atoms with E-state index in [-0.39, 0.29) is 23.4 Å². The lowest BCUT2D eigenvalue weighted by Crippen LogP contribution is -2.41. The molecule has 0 aliphatic carbocycles. The first-order chi connectivity index (χ1) is 13.7. The second-order valence-corrected chi connectivity index (χ2v) is 7.47. The number of anilines is 1. The zero-order valence-electron chi connectivity index (χ0n) is 15.7. The number of carbonyl (C=O) groups is 2. The summed E-state index contributed by atoms with van der Waals surface area (Å²) < 4.78 is 38.9. The quantitative estimate of drug-likeness (QED) is 0.740. The minimum atomic E-state index is -4.60. The van der Waals surface area contributed by atoms with Crippen molar-refractivity contribution in [1.29, 1.82) is 0 Å². The maximum absolute atomic E-state index is 13.0. The van der Waals surface area contributed by atoms with Gasteiger partial charge < -0.3 is 10.2 Å². The zero-order valence-corrected chi connectivity index (χ0v) is 16.5. The van der Waals surface area contributed by atoms with Gasteiger partial charge in [-0.1, -0.05) is 29.8 Å². The number of alkyl halides is 3. The monoisotopic (exact) mass is 424 g/mol. The molecular weight excluding hydrogens is 405 g/mol. The smallest absolute Gasteiger partial charge is 0.339 e. The van der Waals surface area contributed by atoms with E-state index in [1.165, 1.54) is 6.07 Å². The molecule has 3 rings (SSSR count). The Kier molecular flexibility index (Phi) is 6.17. The van der Waals surface area contributed by atoms with E-state index in [2.05, 4.69) is 5.32 Å². The van der Waals surface area contributed by atoms with E-state index < -0.39 is 16.8 Å². The molecule has 2 amide bonds. The van der Waals surface area contributed by atoms with Crippen molar-refractivity contribution < 1.29 is 22.8 Å². The first kappa shape index (κ1) is 21.2. The highest BCUT2D eigenvalue weighted by Crippen LogP contribution is 2.36. The fraction of sp³-hybridized carbons (Fsp3) is 0.333. The Morgan fingerprint density at radius 3 is 2.38 bits per heavy atom. The number of halogens is 4. The van der Waals surface area contributed by atoms with Gasteiger partial charge in [0.1, 0.15) is 0 Å². The molecule has 1 fully saturated rings. The maximum atomic E-state index is 13.0. The van der Waals surface area contributed by atoms with Gasteiger partial charge in [0.05, 0.1) is 10.6 Å². The summed E-state index contributed by atoms with van der Waals surface area (Å²) in [6.07, 6.45) is -3.70. The van der Waals surface area contributed by atoms with E-state index >= 15 is 0 Å². The number of rotatable bonds is 3. The van der Waals surface area contributed by atoms with Crippen molar-refractivity contribution in [1.82, 2.24) is 4.90 Å². The third-order valence-electron chi connectivity index (χ3n) is 5.07. The van der Waals surface area contributed by atoms with Crippen LogP contribution in [0.3, 0.4) is 0 Å². The molecule has 1 aliphatic rings. The van der Waals surface area contributed by atoms with Crippen LogP contribution in [0.2, 0.25) is 5.02 Å². The Hall–Kier alpha value is -2.54. The van der Waals surface area contributed by atoms with Gasteiger partial charge in [-0.15, -0.1) is 0 Å². The van der Waals surface area contributed by atoms with Gasteiger partial charge in [0.2, 0.25) is 5.91 Å². The maximum Gasteiger partial charge on any atom is 0.417 e. The molecule has 0 saturated carbocycles. The molecule has 1 saturated heterocycles. The Morgan fingerprint density at radius 2 is 1.76 bits per heavy atom. The molecule has 0 atom stereocenters. The van der Waals surface area contributed by atoms with Crippen molar-refractivity contribution in [2.45, 2.75) is 25.9 Å². The lowest BCUT2D eigenvalue weighted by Gasteiger charge is -2.31. The molecule has 1 aliphatic heterocycles.